The lowest BCUT2D eigenvalue weighted by molar-refractivity contribution is -0.118. The first kappa shape index (κ1) is 18.0. The summed E-state index contributed by atoms with van der Waals surface area (Å²) in [6.45, 7) is 5.23. The normalized spacial score (nSPS) is 11.3. The van der Waals surface area contributed by atoms with Crippen LogP contribution in [-0.2, 0) is 14.6 Å². The minimum Gasteiger partial charge on any atom is -0.456 e. The van der Waals surface area contributed by atoms with Crippen molar-refractivity contribution in [1.82, 2.24) is 0 Å². The number of para-hydroxylation sites is 1. The molecule has 2 aromatic rings. The topological polar surface area (TPSA) is 72.5 Å². The van der Waals surface area contributed by atoms with Crippen molar-refractivity contribution in [3.63, 3.8) is 0 Å². The number of benzene rings is 2. The Morgan fingerprint density at radius 1 is 1.08 bits per heavy atom. The van der Waals surface area contributed by atoms with Crippen molar-refractivity contribution >= 4 is 21.4 Å². The monoisotopic (exact) mass is 347 g/mol. The average molecular weight is 347 g/mol. The van der Waals surface area contributed by atoms with E-state index in [2.05, 4.69) is 5.32 Å². The van der Waals surface area contributed by atoms with Gasteiger partial charge in [0.15, 0.2) is 9.84 Å². The number of rotatable bonds is 6. The molecule has 2 rings (SSSR count). The maximum absolute atomic E-state index is 12.1. The van der Waals surface area contributed by atoms with Crippen LogP contribution in [0.25, 0.3) is 0 Å². The van der Waals surface area contributed by atoms with Crippen LogP contribution in [0.4, 0.5) is 5.69 Å². The molecule has 0 spiro atoms. The van der Waals surface area contributed by atoms with E-state index >= 15 is 0 Å². The summed E-state index contributed by atoms with van der Waals surface area (Å²) in [7, 11) is -3.36. The number of nitrogens with one attached hydrogen (secondary N) is 1. The Morgan fingerprint density at radius 2 is 1.71 bits per heavy atom. The molecular weight excluding hydrogens is 326 g/mol. The van der Waals surface area contributed by atoms with Gasteiger partial charge in [-0.15, -0.1) is 0 Å². The lowest BCUT2D eigenvalue weighted by Crippen LogP contribution is -2.17. The molecule has 0 heterocycles. The summed E-state index contributed by atoms with van der Waals surface area (Å²) in [4.78, 5) is 11.8. The van der Waals surface area contributed by atoms with E-state index in [9.17, 15) is 13.2 Å². The number of anilines is 1. The van der Waals surface area contributed by atoms with Crippen molar-refractivity contribution in [1.29, 1.82) is 0 Å². The molecule has 0 saturated carbocycles. The van der Waals surface area contributed by atoms with Crippen LogP contribution in [0.15, 0.2) is 53.4 Å². The Bertz CT molecular complexity index is 811. The third kappa shape index (κ3) is 4.35. The van der Waals surface area contributed by atoms with E-state index in [1.165, 1.54) is 6.07 Å². The molecule has 0 bridgehead atoms. The van der Waals surface area contributed by atoms with Crippen LogP contribution >= 0.6 is 0 Å². The number of carbonyl (C=O) groups is 1. The van der Waals surface area contributed by atoms with Gasteiger partial charge < -0.3 is 10.1 Å². The third-order valence-electron chi connectivity index (χ3n) is 3.44. The first-order valence-electron chi connectivity index (χ1n) is 7.74. The Morgan fingerprint density at radius 3 is 2.29 bits per heavy atom. The summed E-state index contributed by atoms with van der Waals surface area (Å²) < 4.78 is 30.0. The SMILES string of the molecule is CCS(=O)(=O)c1ccccc1Oc1ccc(NC(=O)C(C)C)cc1. The van der Waals surface area contributed by atoms with Gasteiger partial charge in [-0.1, -0.05) is 32.9 Å². The van der Waals surface area contributed by atoms with E-state index in [-0.39, 0.29) is 22.5 Å². The van der Waals surface area contributed by atoms with Crippen LogP contribution in [0.5, 0.6) is 11.5 Å². The van der Waals surface area contributed by atoms with Crippen molar-refractivity contribution in [2.24, 2.45) is 5.92 Å². The number of amides is 1. The molecule has 2 aromatic carbocycles. The number of ether oxygens (including phenoxy) is 1. The maximum Gasteiger partial charge on any atom is 0.226 e. The van der Waals surface area contributed by atoms with Crippen molar-refractivity contribution in [3.05, 3.63) is 48.5 Å². The second-order valence-electron chi connectivity index (χ2n) is 5.62. The molecule has 0 radical (unpaired) electrons. The Kier molecular flexibility index (Phi) is 5.62. The van der Waals surface area contributed by atoms with Gasteiger partial charge in [-0.05, 0) is 36.4 Å². The molecule has 1 N–H and O–H groups in total. The first-order valence-corrected chi connectivity index (χ1v) is 9.39. The zero-order chi connectivity index (χ0) is 17.7. The molecule has 0 fully saturated rings. The van der Waals surface area contributed by atoms with E-state index in [4.69, 9.17) is 4.74 Å². The van der Waals surface area contributed by atoms with Crippen LogP contribution in [0.2, 0.25) is 0 Å². The van der Waals surface area contributed by atoms with Crippen molar-refractivity contribution in [2.75, 3.05) is 11.1 Å². The highest BCUT2D eigenvalue weighted by molar-refractivity contribution is 7.91. The largest absolute Gasteiger partial charge is 0.456 e. The van der Waals surface area contributed by atoms with Crippen LogP contribution in [-0.4, -0.2) is 20.1 Å². The molecule has 6 heteroatoms. The highest BCUT2D eigenvalue weighted by Gasteiger charge is 2.17. The quantitative estimate of drug-likeness (QED) is 0.861. The molecule has 0 aliphatic rings. The van der Waals surface area contributed by atoms with Gasteiger partial charge in [-0.2, -0.15) is 0 Å². The molecule has 0 aliphatic heterocycles. The summed E-state index contributed by atoms with van der Waals surface area (Å²) in [6.07, 6.45) is 0. The lowest BCUT2D eigenvalue weighted by Gasteiger charge is -2.12. The summed E-state index contributed by atoms with van der Waals surface area (Å²) in [6, 6.07) is 13.3. The van der Waals surface area contributed by atoms with Gasteiger partial charge in [0, 0.05) is 11.6 Å². The van der Waals surface area contributed by atoms with Crippen LogP contribution in [0.1, 0.15) is 20.8 Å². The van der Waals surface area contributed by atoms with Gasteiger partial charge in [0.05, 0.1) is 5.75 Å². The number of hydrogen-bond acceptors (Lipinski definition) is 4. The summed E-state index contributed by atoms with van der Waals surface area (Å²) in [5.74, 6) is 0.623. The van der Waals surface area contributed by atoms with Gasteiger partial charge in [-0.3, -0.25) is 4.79 Å². The fourth-order valence-corrected chi connectivity index (χ4v) is 2.98. The Labute approximate surface area is 142 Å². The van der Waals surface area contributed by atoms with Crippen LogP contribution in [0, 0.1) is 5.92 Å². The Hall–Kier alpha value is -2.34. The number of carbonyl (C=O) groups excluding carboxylic acids is 1. The molecule has 0 aliphatic carbocycles. The molecule has 0 aromatic heterocycles. The highest BCUT2D eigenvalue weighted by atomic mass is 32.2. The third-order valence-corrected chi connectivity index (χ3v) is 5.21. The van der Waals surface area contributed by atoms with E-state index in [0.717, 1.165) is 0 Å². The molecule has 0 atom stereocenters. The zero-order valence-electron chi connectivity index (χ0n) is 13.9. The second-order valence-corrected chi connectivity index (χ2v) is 7.87. The highest BCUT2D eigenvalue weighted by Crippen LogP contribution is 2.30. The smallest absolute Gasteiger partial charge is 0.226 e. The van der Waals surface area contributed by atoms with Gasteiger partial charge in [-0.25, -0.2) is 8.42 Å². The fourth-order valence-electron chi connectivity index (χ4n) is 1.97. The Balaban J connectivity index is 2.20. The van der Waals surface area contributed by atoms with E-state index in [1.54, 1.807) is 49.4 Å². The summed E-state index contributed by atoms with van der Waals surface area (Å²) >= 11 is 0. The minimum atomic E-state index is -3.36. The fraction of sp³-hybridized carbons (Fsp3) is 0.278. The zero-order valence-corrected chi connectivity index (χ0v) is 14.8. The van der Waals surface area contributed by atoms with Crippen LogP contribution in [0.3, 0.4) is 0 Å². The van der Waals surface area contributed by atoms with Crippen molar-refractivity contribution in [3.8, 4) is 11.5 Å². The molecule has 128 valence electrons. The average Bonchev–Trinajstić information content (AvgIpc) is 2.57. The van der Waals surface area contributed by atoms with Crippen molar-refractivity contribution in [2.45, 2.75) is 25.7 Å². The van der Waals surface area contributed by atoms with E-state index in [1.807, 2.05) is 13.8 Å². The second kappa shape index (κ2) is 7.49. The number of hydrogen-bond donors (Lipinski definition) is 1. The lowest BCUT2D eigenvalue weighted by atomic mass is 10.2. The van der Waals surface area contributed by atoms with Gasteiger partial charge in [0.25, 0.3) is 0 Å². The molecular formula is C18H21NO4S. The van der Waals surface area contributed by atoms with Crippen molar-refractivity contribution < 1.29 is 17.9 Å². The van der Waals surface area contributed by atoms with Crippen LogP contribution < -0.4 is 10.1 Å². The molecule has 0 unspecified atom stereocenters. The summed E-state index contributed by atoms with van der Waals surface area (Å²) in [5.41, 5.74) is 0.663. The molecule has 1 amide bonds. The van der Waals surface area contributed by atoms with E-state index in [0.29, 0.717) is 17.2 Å². The van der Waals surface area contributed by atoms with E-state index < -0.39 is 9.84 Å². The molecule has 24 heavy (non-hydrogen) atoms. The van der Waals surface area contributed by atoms with Gasteiger partial charge in [0.1, 0.15) is 16.4 Å². The predicted molar refractivity (Wildman–Crippen MR) is 94.2 cm³/mol. The molecule has 0 saturated heterocycles. The minimum absolute atomic E-state index is 0.00749. The maximum atomic E-state index is 12.1. The van der Waals surface area contributed by atoms with Gasteiger partial charge in [0.2, 0.25) is 5.91 Å². The summed E-state index contributed by atoms with van der Waals surface area (Å²) in [5, 5.41) is 2.79. The number of sulfone groups is 1. The molecule has 5 nitrogen and oxygen atoms in total. The van der Waals surface area contributed by atoms with Gasteiger partial charge >= 0.3 is 0 Å². The standard InChI is InChI=1S/C18H21NO4S/c1-4-24(21,22)17-8-6-5-7-16(17)23-15-11-9-14(10-12-15)19-18(20)13(2)3/h5-13H,4H2,1-3H3,(H,19,20). The first-order chi connectivity index (χ1) is 11.3. The predicted octanol–water partition coefficient (Wildman–Crippen LogP) is 3.87.